The summed E-state index contributed by atoms with van der Waals surface area (Å²) >= 11 is 1.54. The third-order valence-electron chi connectivity index (χ3n) is 6.13. The van der Waals surface area contributed by atoms with Crippen molar-refractivity contribution in [2.45, 2.75) is 35.7 Å². The van der Waals surface area contributed by atoms with Crippen LogP contribution in [0.5, 0.6) is 0 Å². The van der Waals surface area contributed by atoms with Gasteiger partial charge in [-0.15, -0.1) is 0 Å². The number of morpholine rings is 1. The Balaban J connectivity index is 1.58. The predicted molar refractivity (Wildman–Crippen MR) is 139 cm³/mol. The van der Waals surface area contributed by atoms with E-state index in [2.05, 4.69) is 34.2 Å². The lowest BCUT2D eigenvalue weighted by Crippen LogP contribution is -2.40. The zero-order valence-corrected chi connectivity index (χ0v) is 21.6. The maximum Gasteiger partial charge on any atom is 0.243 e. The topological polar surface area (TPSA) is 72.4 Å². The molecule has 180 valence electrons. The maximum absolute atomic E-state index is 13.4. The van der Waals surface area contributed by atoms with Crippen LogP contribution >= 0.6 is 11.8 Å². The standard InChI is InChI=1S/C27H27N3O3S2/c1-18-8-9-21(17-26(18)35(31,32)30-12-14-33-15-13-30)22-10-11-25(24-7-5-4-6-23(22)24)34-27-28-19(2)16-20(3)29-27/h4-11,16-17H,12-15H2,1-3H3. The molecule has 0 saturated carbocycles. The fourth-order valence-corrected chi connectivity index (χ4v) is 7.08. The SMILES string of the molecule is Cc1cc(C)nc(Sc2ccc(-c3ccc(C)c(S(=O)(=O)N4CCOCC4)c3)c3ccccc23)n1. The Morgan fingerprint density at radius 2 is 1.54 bits per heavy atom. The van der Waals surface area contributed by atoms with Gasteiger partial charge in [-0.1, -0.05) is 42.5 Å². The number of aryl methyl sites for hydroxylation is 3. The summed E-state index contributed by atoms with van der Waals surface area (Å²) < 4.78 is 33.7. The average Bonchev–Trinajstić information content (AvgIpc) is 2.84. The fraction of sp³-hybridized carbons (Fsp3) is 0.259. The fourth-order valence-electron chi connectivity index (χ4n) is 4.42. The molecule has 0 amide bonds. The summed E-state index contributed by atoms with van der Waals surface area (Å²) in [6, 6.07) is 20.0. The Kier molecular flexibility index (Phi) is 6.63. The molecule has 0 aliphatic carbocycles. The molecule has 35 heavy (non-hydrogen) atoms. The second-order valence-electron chi connectivity index (χ2n) is 8.69. The molecular weight excluding hydrogens is 478 g/mol. The van der Waals surface area contributed by atoms with Gasteiger partial charge in [0, 0.05) is 29.4 Å². The van der Waals surface area contributed by atoms with Gasteiger partial charge in [0.25, 0.3) is 0 Å². The van der Waals surface area contributed by atoms with Crippen LogP contribution in [0.4, 0.5) is 0 Å². The van der Waals surface area contributed by atoms with Gasteiger partial charge in [0.05, 0.1) is 18.1 Å². The van der Waals surface area contributed by atoms with Gasteiger partial charge in [0.2, 0.25) is 10.0 Å². The summed E-state index contributed by atoms with van der Waals surface area (Å²) in [5.74, 6) is 0. The van der Waals surface area contributed by atoms with E-state index in [1.54, 1.807) is 11.8 Å². The average molecular weight is 506 g/mol. The number of hydrogen-bond acceptors (Lipinski definition) is 6. The Bertz CT molecular complexity index is 1490. The van der Waals surface area contributed by atoms with Crippen molar-refractivity contribution in [1.29, 1.82) is 0 Å². The maximum atomic E-state index is 13.4. The normalized spacial score (nSPS) is 14.9. The summed E-state index contributed by atoms with van der Waals surface area (Å²) in [4.78, 5) is 10.6. The van der Waals surface area contributed by atoms with Gasteiger partial charge in [0.15, 0.2) is 5.16 Å². The van der Waals surface area contributed by atoms with Gasteiger partial charge in [-0.05, 0) is 78.2 Å². The van der Waals surface area contributed by atoms with Crippen LogP contribution in [0.3, 0.4) is 0 Å². The molecule has 6 nitrogen and oxygen atoms in total. The Labute approximate surface area is 210 Å². The predicted octanol–water partition coefficient (Wildman–Crippen LogP) is 5.39. The molecule has 4 aromatic rings. The number of nitrogens with zero attached hydrogens (tertiary/aromatic N) is 3. The van der Waals surface area contributed by atoms with Crippen molar-refractivity contribution in [1.82, 2.24) is 14.3 Å². The van der Waals surface area contributed by atoms with Crippen molar-refractivity contribution < 1.29 is 13.2 Å². The van der Waals surface area contributed by atoms with Crippen LogP contribution in [0.15, 0.2) is 75.6 Å². The van der Waals surface area contributed by atoms with Gasteiger partial charge in [0.1, 0.15) is 0 Å². The summed E-state index contributed by atoms with van der Waals surface area (Å²) in [7, 11) is -3.60. The number of ether oxygens (including phenoxy) is 1. The number of rotatable bonds is 5. The van der Waals surface area contributed by atoms with Crippen molar-refractivity contribution in [2.75, 3.05) is 26.3 Å². The molecule has 8 heteroatoms. The number of fused-ring (bicyclic) bond motifs is 1. The highest BCUT2D eigenvalue weighted by atomic mass is 32.2. The van der Waals surface area contributed by atoms with E-state index in [0.717, 1.165) is 48.9 Å². The molecular formula is C27H27N3O3S2. The first kappa shape index (κ1) is 23.9. The molecule has 1 aromatic heterocycles. The molecule has 0 unspecified atom stereocenters. The second-order valence-corrected chi connectivity index (χ2v) is 11.6. The quantitative estimate of drug-likeness (QED) is 0.339. The monoisotopic (exact) mass is 505 g/mol. The van der Waals surface area contributed by atoms with Crippen LogP contribution in [-0.2, 0) is 14.8 Å². The van der Waals surface area contributed by atoms with Gasteiger partial charge >= 0.3 is 0 Å². The Hall–Kier alpha value is -2.78. The molecule has 1 aliphatic rings. The zero-order chi connectivity index (χ0) is 24.6. The second kappa shape index (κ2) is 9.70. The molecule has 3 aromatic carbocycles. The number of benzene rings is 3. The molecule has 0 atom stereocenters. The molecule has 0 bridgehead atoms. The number of sulfonamides is 1. The van der Waals surface area contributed by atoms with E-state index in [-0.39, 0.29) is 0 Å². The van der Waals surface area contributed by atoms with Crippen molar-refractivity contribution >= 4 is 32.6 Å². The number of aromatic nitrogens is 2. The lowest BCUT2D eigenvalue weighted by Gasteiger charge is -2.27. The van der Waals surface area contributed by atoms with Crippen LogP contribution in [0.1, 0.15) is 17.0 Å². The van der Waals surface area contributed by atoms with E-state index < -0.39 is 10.0 Å². The van der Waals surface area contributed by atoms with E-state index in [1.807, 2.05) is 57.2 Å². The minimum atomic E-state index is -3.60. The Morgan fingerprint density at radius 1 is 0.857 bits per heavy atom. The smallest absolute Gasteiger partial charge is 0.243 e. The van der Waals surface area contributed by atoms with E-state index in [4.69, 9.17) is 4.74 Å². The molecule has 1 aliphatic heterocycles. The van der Waals surface area contributed by atoms with E-state index >= 15 is 0 Å². The third-order valence-corrected chi connectivity index (χ3v) is 9.12. The van der Waals surface area contributed by atoms with Crippen LogP contribution in [0.25, 0.3) is 21.9 Å². The highest BCUT2D eigenvalue weighted by Gasteiger charge is 2.28. The van der Waals surface area contributed by atoms with E-state index in [1.165, 1.54) is 4.31 Å². The molecule has 5 rings (SSSR count). The van der Waals surface area contributed by atoms with Crippen molar-refractivity contribution in [3.05, 3.63) is 77.6 Å². The van der Waals surface area contributed by atoms with Crippen molar-refractivity contribution in [2.24, 2.45) is 0 Å². The van der Waals surface area contributed by atoms with Crippen molar-refractivity contribution in [3.8, 4) is 11.1 Å². The van der Waals surface area contributed by atoms with Crippen LogP contribution in [-0.4, -0.2) is 49.0 Å². The molecule has 0 N–H and O–H groups in total. The van der Waals surface area contributed by atoms with E-state index in [9.17, 15) is 8.42 Å². The Morgan fingerprint density at radius 3 is 2.26 bits per heavy atom. The minimum absolute atomic E-state index is 0.350. The first-order valence-electron chi connectivity index (χ1n) is 11.5. The van der Waals surface area contributed by atoms with Crippen molar-refractivity contribution in [3.63, 3.8) is 0 Å². The molecule has 1 fully saturated rings. The lowest BCUT2D eigenvalue weighted by molar-refractivity contribution is 0.0730. The van der Waals surface area contributed by atoms with Gasteiger partial charge in [-0.3, -0.25) is 0 Å². The summed E-state index contributed by atoms with van der Waals surface area (Å²) in [5, 5.41) is 2.85. The molecule has 1 saturated heterocycles. The largest absolute Gasteiger partial charge is 0.379 e. The minimum Gasteiger partial charge on any atom is -0.379 e. The highest BCUT2D eigenvalue weighted by Crippen LogP contribution is 2.38. The molecule has 0 spiro atoms. The van der Waals surface area contributed by atoms with Gasteiger partial charge < -0.3 is 4.74 Å². The summed E-state index contributed by atoms with van der Waals surface area (Å²) in [6.45, 7) is 7.39. The number of hydrogen-bond donors (Lipinski definition) is 0. The van der Waals surface area contributed by atoms with Crippen LogP contribution < -0.4 is 0 Å². The zero-order valence-electron chi connectivity index (χ0n) is 20.0. The molecule has 2 heterocycles. The lowest BCUT2D eigenvalue weighted by atomic mass is 9.97. The summed E-state index contributed by atoms with van der Waals surface area (Å²) in [6.07, 6.45) is 0. The van der Waals surface area contributed by atoms with Crippen LogP contribution in [0, 0.1) is 20.8 Å². The first-order valence-corrected chi connectivity index (χ1v) is 13.8. The summed E-state index contributed by atoms with van der Waals surface area (Å²) in [5.41, 5.74) is 4.48. The first-order chi connectivity index (χ1) is 16.8. The molecule has 0 radical (unpaired) electrons. The van der Waals surface area contributed by atoms with E-state index in [0.29, 0.717) is 31.2 Å². The third kappa shape index (κ3) is 4.84. The van der Waals surface area contributed by atoms with Gasteiger partial charge in [-0.2, -0.15) is 4.31 Å². The highest BCUT2D eigenvalue weighted by molar-refractivity contribution is 7.99. The van der Waals surface area contributed by atoms with Crippen LogP contribution in [0.2, 0.25) is 0 Å². The van der Waals surface area contributed by atoms with Gasteiger partial charge in [-0.25, -0.2) is 18.4 Å².